The number of aryl methyl sites for hydroxylation is 1. The molecule has 8 nitrogen and oxygen atoms in total. The molecule has 1 aliphatic rings. The molecule has 1 fully saturated rings. The number of anilines is 2. The first-order chi connectivity index (χ1) is 18.3. The number of piperidine rings is 1. The van der Waals surface area contributed by atoms with Crippen molar-refractivity contribution in [2.45, 2.75) is 25.8 Å². The molecule has 0 saturated carbocycles. The van der Waals surface area contributed by atoms with Crippen LogP contribution in [0.1, 0.15) is 18.4 Å². The highest BCUT2D eigenvalue weighted by atomic mass is 19.1. The molecule has 0 atom stereocenters. The summed E-state index contributed by atoms with van der Waals surface area (Å²) in [6.45, 7) is 3.32. The predicted octanol–water partition coefficient (Wildman–Crippen LogP) is 5.16. The van der Waals surface area contributed by atoms with E-state index in [4.69, 9.17) is 5.73 Å². The highest BCUT2D eigenvalue weighted by molar-refractivity contribution is 6.02. The van der Waals surface area contributed by atoms with Gasteiger partial charge in [-0.05, 0) is 66.8 Å². The van der Waals surface area contributed by atoms with Crippen molar-refractivity contribution >= 4 is 28.4 Å². The summed E-state index contributed by atoms with van der Waals surface area (Å²) >= 11 is 0. The normalized spacial score (nSPS) is 14.1. The Morgan fingerprint density at radius 3 is 2.53 bits per heavy atom. The molecule has 0 radical (unpaired) electrons. The van der Waals surface area contributed by atoms with Gasteiger partial charge >= 0.3 is 6.03 Å². The number of nitrogens with zero attached hydrogens (tertiary/aromatic N) is 3. The molecule has 1 saturated heterocycles. The lowest BCUT2D eigenvalue weighted by atomic mass is 9.95. The minimum Gasteiger partial charge on any atom is -0.370 e. The minimum absolute atomic E-state index is 0.125. The van der Waals surface area contributed by atoms with Gasteiger partial charge in [0.25, 0.3) is 0 Å². The van der Waals surface area contributed by atoms with Crippen LogP contribution < -0.4 is 21.4 Å². The van der Waals surface area contributed by atoms with Crippen molar-refractivity contribution in [1.29, 1.82) is 0 Å². The lowest BCUT2D eigenvalue weighted by Gasteiger charge is -2.34. The Morgan fingerprint density at radius 1 is 1.00 bits per heavy atom. The van der Waals surface area contributed by atoms with Crippen molar-refractivity contribution in [1.82, 2.24) is 15.4 Å². The zero-order valence-corrected chi connectivity index (χ0v) is 21.1. The van der Waals surface area contributed by atoms with Gasteiger partial charge in [0.2, 0.25) is 0 Å². The highest BCUT2D eigenvalue weighted by Crippen LogP contribution is 2.40. The highest BCUT2D eigenvalue weighted by Gasteiger charge is 2.23. The van der Waals surface area contributed by atoms with Crippen molar-refractivity contribution < 1.29 is 18.4 Å². The van der Waals surface area contributed by atoms with E-state index in [1.54, 1.807) is 12.3 Å². The van der Waals surface area contributed by atoms with Crippen molar-refractivity contribution in [3.63, 3.8) is 0 Å². The third-order valence-corrected chi connectivity index (χ3v) is 6.64. The standard InChI is InChI=1S/C28H28F2N6O2/c1-16-9-18(11-19(29)10-16)24-15-32-25-4-3-17(12-23(25)26(24)36-7-5-21(31)6-8-36)22-13-20(30)14-33-27(22)34-28(37)35-38-2/h3-4,9-15,21H,5-8,31H2,1-2H3,(H2,33,34,35,37). The molecule has 4 aromatic rings. The monoisotopic (exact) mass is 518 g/mol. The average Bonchev–Trinajstić information content (AvgIpc) is 2.89. The van der Waals surface area contributed by atoms with Crippen LogP contribution >= 0.6 is 0 Å². The number of halogens is 2. The summed E-state index contributed by atoms with van der Waals surface area (Å²) in [5, 5.41) is 3.40. The maximum absolute atomic E-state index is 14.4. The fraction of sp³-hybridized carbons (Fsp3) is 0.250. The van der Waals surface area contributed by atoms with E-state index in [0.29, 0.717) is 11.1 Å². The van der Waals surface area contributed by atoms with Gasteiger partial charge in [-0.2, -0.15) is 0 Å². The number of rotatable bonds is 5. The third kappa shape index (κ3) is 5.27. The molecule has 10 heteroatoms. The summed E-state index contributed by atoms with van der Waals surface area (Å²) in [4.78, 5) is 27.8. The topological polar surface area (TPSA) is 105 Å². The van der Waals surface area contributed by atoms with E-state index in [2.05, 4.69) is 30.5 Å². The third-order valence-electron chi connectivity index (χ3n) is 6.64. The number of pyridine rings is 2. The quantitative estimate of drug-likeness (QED) is 0.315. The second-order valence-corrected chi connectivity index (χ2v) is 9.40. The van der Waals surface area contributed by atoms with E-state index in [-0.39, 0.29) is 17.7 Å². The van der Waals surface area contributed by atoms with Crippen molar-refractivity contribution in [3.05, 3.63) is 72.1 Å². The summed E-state index contributed by atoms with van der Waals surface area (Å²) in [7, 11) is 1.31. The molecule has 5 rings (SSSR count). The van der Waals surface area contributed by atoms with Crippen LogP contribution in [-0.2, 0) is 4.84 Å². The van der Waals surface area contributed by atoms with Crippen LogP contribution in [0.5, 0.6) is 0 Å². The number of carbonyl (C=O) groups is 1. The van der Waals surface area contributed by atoms with Gasteiger partial charge < -0.3 is 10.6 Å². The first-order valence-electron chi connectivity index (χ1n) is 12.3. The number of nitrogens with one attached hydrogen (secondary N) is 2. The number of urea groups is 1. The predicted molar refractivity (Wildman–Crippen MR) is 144 cm³/mol. The zero-order chi connectivity index (χ0) is 26.8. The number of benzene rings is 2. The fourth-order valence-corrected chi connectivity index (χ4v) is 4.90. The summed E-state index contributed by atoms with van der Waals surface area (Å²) in [6.07, 6.45) is 4.44. The Balaban J connectivity index is 1.70. The van der Waals surface area contributed by atoms with Gasteiger partial charge in [-0.1, -0.05) is 12.1 Å². The molecule has 2 amide bonds. The maximum Gasteiger partial charge on any atom is 0.344 e. The largest absolute Gasteiger partial charge is 0.370 e. The summed E-state index contributed by atoms with van der Waals surface area (Å²) in [6, 6.07) is 11.3. The van der Waals surface area contributed by atoms with Gasteiger partial charge in [0.1, 0.15) is 17.5 Å². The molecule has 0 aliphatic carbocycles. The molecular weight excluding hydrogens is 490 g/mol. The Kier molecular flexibility index (Phi) is 7.17. The van der Waals surface area contributed by atoms with E-state index in [1.165, 1.54) is 25.3 Å². The first-order valence-corrected chi connectivity index (χ1v) is 12.3. The van der Waals surface area contributed by atoms with E-state index < -0.39 is 11.8 Å². The Morgan fingerprint density at radius 2 is 1.79 bits per heavy atom. The Hall–Kier alpha value is -4.15. The molecular formula is C28H28F2N6O2. The van der Waals surface area contributed by atoms with Crippen LogP contribution in [0.4, 0.5) is 25.1 Å². The van der Waals surface area contributed by atoms with Crippen LogP contribution in [0.3, 0.4) is 0 Å². The number of amides is 2. The SMILES string of the molecule is CONC(=O)Nc1ncc(F)cc1-c1ccc2ncc(-c3cc(C)cc(F)c3)c(N3CCC(N)CC3)c2c1. The van der Waals surface area contributed by atoms with Gasteiger partial charge in [-0.15, -0.1) is 0 Å². The molecule has 0 spiro atoms. The average molecular weight is 519 g/mol. The van der Waals surface area contributed by atoms with Crippen molar-refractivity contribution in [3.8, 4) is 22.3 Å². The number of fused-ring (bicyclic) bond motifs is 1. The van der Waals surface area contributed by atoms with E-state index >= 15 is 0 Å². The Bertz CT molecular complexity index is 1480. The second-order valence-electron chi connectivity index (χ2n) is 9.40. The molecule has 38 heavy (non-hydrogen) atoms. The van der Waals surface area contributed by atoms with E-state index in [9.17, 15) is 13.6 Å². The zero-order valence-electron chi connectivity index (χ0n) is 21.1. The lowest BCUT2D eigenvalue weighted by Crippen LogP contribution is -2.40. The molecule has 196 valence electrons. The van der Waals surface area contributed by atoms with Crippen molar-refractivity contribution in [2.24, 2.45) is 5.73 Å². The van der Waals surface area contributed by atoms with Gasteiger partial charge in [0, 0.05) is 41.8 Å². The lowest BCUT2D eigenvalue weighted by molar-refractivity contribution is 0.114. The first kappa shape index (κ1) is 25.5. The van der Waals surface area contributed by atoms with Crippen LogP contribution in [0.15, 0.2) is 54.9 Å². The number of hydrogen-bond acceptors (Lipinski definition) is 6. The molecule has 0 unspecified atom stereocenters. The number of hydrogen-bond donors (Lipinski definition) is 3. The van der Waals surface area contributed by atoms with Gasteiger partial charge in [-0.25, -0.2) is 24.0 Å². The van der Waals surface area contributed by atoms with Crippen molar-refractivity contribution in [2.75, 3.05) is 30.4 Å². The van der Waals surface area contributed by atoms with Gasteiger partial charge in [-0.3, -0.25) is 15.1 Å². The van der Waals surface area contributed by atoms with Gasteiger partial charge in [0.05, 0.1) is 24.5 Å². The van der Waals surface area contributed by atoms with E-state index in [0.717, 1.165) is 65.4 Å². The molecule has 4 N–H and O–H groups in total. The Labute approximate surface area is 218 Å². The number of carbonyl (C=O) groups excluding carboxylic acids is 1. The number of aromatic nitrogens is 2. The maximum atomic E-state index is 14.4. The van der Waals surface area contributed by atoms with Gasteiger partial charge in [0.15, 0.2) is 0 Å². The molecule has 1 aliphatic heterocycles. The molecule has 2 aromatic heterocycles. The smallest absolute Gasteiger partial charge is 0.344 e. The number of hydroxylamine groups is 1. The molecule has 0 bridgehead atoms. The second kappa shape index (κ2) is 10.7. The molecule has 2 aromatic carbocycles. The summed E-state index contributed by atoms with van der Waals surface area (Å²) < 4.78 is 28.8. The van der Waals surface area contributed by atoms with Crippen LogP contribution in [0.2, 0.25) is 0 Å². The van der Waals surface area contributed by atoms with Crippen LogP contribution in [0, 0.1) is 18.6 Å². The van der Waals surface area contributed by atoms with Crippen LogP contribution in [0.25, 0.3) is 33.2 Å². The fourth-order valence-electron chi connectivity index (χ4n) is 4.90. The summed E-state index contributed by atoms with van der Waals surface area (Å²) in [5.41, 5.74) is 13.3. The van der Waals surface area contributed by atoms with E-state index in [1.807, 2.05) is 25.1 Å². The number of nitrogens with two attached hydrogens (primary N) is 1. The summed E-state index contributed by atoms with van der Waals surface area (Å²) in [5.74, 6) is -0.711. The molecule has 3 heterocycles. The van der Waals surface area contributed by atoms with Crippen LogP contribution in [-0.4, -0.2) is 42.2 Å². The minimum atomic E-state index is -0.649.